The van der Waals surface area contributed by atoms with Gasteiger partial charge in [-0.15, -0.1) is 11.3 Å². The zero-order chi connectivity index (χ0) is 11.6. The zero-order valence-corrected chi connectivity index (χ0v) is 12.3. The Balaban J connectivity index is 1.82. The van der Waals surface area contributed by atoms with Gasteiger partial charge in [0.1, 0.15) is 0 Å². The van der Waals surface area contributed by atoms with Crippen LogP contribution < -0.4 is 5.32 Å². The van der Waals surface area contributed by atoms with Crippen LogP contribution in [0.4, 0.5) is 0 Å². The summed E-state index contributed by atoms with van der Waals surface area (Å²) in [7, 11) is 0. The molecular formula is C12H19BrN2S. The lowest BCUT2D eigenvalue weighted by molar-refractivity contribution is 0.156. The predicted octanol–water partition coefficient (Wildman–Crippen LogP) is 2.74. The molecule has 1 aromatic rings. The molecule has 2 rings (SSSR count). The second-order valence-electron chi connectivity index (χ2n) is 5.04. The number of nitrogens with zero attached hydrogens (tertiary/aromatic N) is 1. The molecule has 0 radical (unpaired) electrons. The van der Waals surface area contributed by atoms with Crippen molar-refractivity contribution in [2.24, 2.45) is 0 Å². The van der Waals surface area contributed by atoms with E-state index in [1.54, 1.807) is 0 Å². The molecule has 4 heteroatoms. The molecule has 90 valence electrons. The van der Waals surface area contributed by atoms with E-state index in [1.165, 1.54) is 28.2 Å². The van der Waals surface area contributed by atoms with Crippen molar-refractivity contribution in [1.29, 1.82) is 0 Å². The van der Waals surface area contributed by atoms with Crippen molar-refractivity contribution in [2.75, 3.05) is 26.2 Å². The maximum Gasteiger partial charge on any atom is 0.0701 e. The highest BCUT2D eigenvalue weighted by Gasteiger charge is 2.25. The minimum Gasteiger partial charge on any atom is -0.309 e. The lowest BCUT2D eigenvalue weighted by Gasteiger charge is -2.39. The van der Waals surface area contributed by atoms with Gasteiger partial charge in [0, 0.05) is 36.6 Å². The van der Waals surface area contributed by atoms with Crippen LogP contribution in [0.5, 0.6) is 0 Å². The summed E-state index contributed by atoms with van der Waals surface area (Å²) in [6, 6.07) is 4.36. The summed E-state index contributed by atoms with van der Waals surface area (Å²) in [4.78, 5) is 4.03. The summed E-state index contributed by atoms with van der Waals surface area (Å²) in [5, 5.41) is 3.54. The van der Waals surface area contributed by atoms with Crippen LogP contribution in [0.1, 0.15) is 18.7 Å². The average Bonchev–Trinajstić information content (AvgIpc) is 2.60. The van der Waals surface area contributed by atoms with Gasteiger partial charge in [0.25, 0.3) is 0 Å². The summed E-state index contributed by atoms with van der Waals surface area (Å²) in [6.45, 7) is 9.18. The van der Waals surface area contributed by atoms with Crippen LogP contribution >= 0.6 is 27.3 Å². The van der Waals surface area contributed by atoms with Crippen molar-refractivity contribution in [2.45, 2.75) is 25.8 Å². The van der Waals surface area contributed by atoms with E-state index in [4.69, 9.17) is 0 Å². The van der Waals surface area contributed by atoms with Gasteiger partial charge in [-0.1, -0.05) is 0 Å². The van der Waals surface area contributed by atoms with E-state index in [0.29, 0.717) is 0 Å². The molecule has 1 fully saturated rings. The van der Waals surface area contributed by atoms with Gasteiger partial charge in [-0.05, 0) is 48.3 Å². The third-order valence-electron chi connectivity index (χ3n) is 2.95. The molecule has 1 aliphatic rings. The summed E-state index contributed by atoms with van der Waals surface area (Å²) < 4.78 is 1.24. The van der Waals surface area contributed by atoms with Crippen LogP contribution in [0.15, 0.2) is 15.9 Å². The number of nitrogens with one attached hydrogen (secondary N) is 1. The van der Waals surface area contributed by atoms with Crippen molar-refractivity contribution in [3.8, 4) is 0 Å². The number of halogens is 1. The molecule has 0 aromatic carbocycles. The maximum atomic E-state index is 3.54. The first-order chi connectivity index (χ1) is 7.55. The van der Waals surface area contributed by atoms with Crippen molar-refractivity contribution in [3.05, 3.63) is 20.8 Å². The molecule has 0 atom stereocenters. The van der Waals surface area contributed by atoms with Crippen LogP contribution in [0.25, 0.3) is 0 Å². The second-order valence-corrected chi connectivity index (χ2v) is 7.59. The first-order valence-corrected chi connectivity index (χ1v) is 7.38. The van der Waals surface area contributed by atoms with Crippen LogP contribution in [0, 0.1) is 0 Å². The number of hydrogen-bond donors (Lipinski definition) is 1. The Kier molecular flexibility index (Phi) is 4.06. The van der Waals surface area contributed by atoms with Crippen molar-refractivity contribution in [3.63, 3.8) is 0 Å². The van der Waals surface area contributed by atoms with Crippen LogP contribution in [-0.4, -0.2) is 36.6 Å². The smallest absolute Gasteiger partial charge is 0.0701 e. The molecule has 0 amide bonds. The Labute approximate surface area is 110 Å². The maximum absolute atomic E-state index is 3.54. The Morgan fingerprint density at radius 1 is 1.50 bits per heavy atom. The molecule has 0 aliphatic carbocycles. The van der Waals surface area contributed by atoms with Crippen molar-refractivity contribution < 1.29 is 0 Å². The monoisotopic (exact) mass is 302 g/mol. The first-order valence-electron chi connectivity index (χ1n) is 5.77. The SMILES string of the molecule is CC1(C)CN(CCc2ccc(Br)s2)CCN1. The van der Waals surface area contributed by atoms with Gasteiger partial charge in [0.05, 0.1) is 3.79 Å². The zero-order valence-electron chi connectivity index (χ0n) is 9.92. The molecule has 1 saturated heterocycles. The fraction of sp³-hybridized carbons (Fsp3) is 0.667. The largest absolute Gasteiger partial charge is 0.309 e. The minimum atomic E-state index is 0.272. The summed E-state index contributed by atoms with van der Waals surface area (Å²) >= 11 is 5.36. The molecule has 2 nitrogen and oxygen atoms in total. The molecule has 1 aliphatic heterocycles. The predicted molar refractivity (Wildman–Crippen MR) is 74.2 cm³/mol. The number of rotatable bonds is 3. The average molecular weight is 303 g/mol. The fourth-order valence-electron chi connectivity index (χ4n) is 2.19. The highest BCUT2D eigenvalue weighted by Crippen LogP contribution is 2.22. The fourth-order valence-corrected chi connectivity index (χ4v) is 3.66. The molecule has 0 bridgehead atoms. The van der Waals surface area contributed by atoms with Gasteiger partial charge in [0.2, 0.25) is 0 Å². The topological polar surface area (TPSA) is 15.3 Å². The molecule has 0 spiro atoms. The molecule has 1 aromatic heterocycles. The summed E-state index contributed by atoms with van der Waals surface area (Å²) in [5.41, 5.74) is 0.272. The van der Waals surface area contributed by atoms with E-state index in [9.17, 15) is 0 Å². The molecule has 16 heavy (non-hydrogen) atoms. The van der Waals surface area contributed by atoms with E-state index >= 15 is 0 Å². The van der Waals surface area contributed by atoms with Gasteiger partial charge in [-0.2, -0.15) is 0 Å². The lowest BCUT2D eigenvalue weighted by Crippen LogP contribution is -2.57. The highest BCUT2D eigenvalue weighted by molar-refractivity contribution is 9.11. The van der Waals surface area contributed by atoms with Crippen molar-refractivity contribution >= 4 is 27.3 Å². The molecule has 0 saturated carbocycles. The number of piperazine rings is 1. The van der Waals surface area contributed by atoms with Gasteiger partial charge < -0.3 is 5.32 Å². The Morgan fingerprint density at radius 2 is 2.31 bits per heavy atom. The second kappa shape index (κ2) is 5.17. The first kappa shape index (κ1) is 12.6. The third-order valence-corrected chi connectivity index (χ3v) is 4.64. The van der Waals surface area contributed by atoms with E-state index in [1.807, 2.05) is 11.3 Å². The van der Waals surface area contributed by atoms with E-state index in [-0.39, 0.29) is 5.54 Å². The van der Waals surface area contributed by atoms with Crippen LogP contribution in [0.3, 0.4) is 0 Å². The van der Waals surface area contributed by atoms with Gasteiger partial charge in [-0.3, -0.25) is 4.90 Å². The normalized spacial score (nSPS) is 21.2. The quantitative estimate of drug-likeness (QED) is 0.923. The van der Waals surface area contributed by atoms with Crippen LogP contribution in [0.2, 0.25) is 0 Å². The van der Waals surface area contributed by atoms with Crippen molar-refractivity contribution in [1.82, 2.24) is 10.2 Å². The third kappa shape index (κ3) is 3.55. The Hall–Kier alpha value is 0.1000. The summed E-state index contributed by atoms with van der Waals surface area (Å²) in [6.07, 6.45) is 1.17. The van der Waals surface area contributed by atoms with E-state index < -0.39 is 0 Å². The standard InChI is InChI=1S/C12H19BrN2S/c1-12(2)9-15(8-6-14-12)7-5-10-3-4-11(13)16-10/h3-4,14H,5-9H2,1-2H3. The summed E-state index contributed by atoms with van der Waals surface area (Å²) in [5.74, 6) is 0. The highest BCUT2D eigenvalue weighted by atomic mass is 79.9. The Bertz CT molecular complexity index is 349. The Morgan fingerprint density at radius 3 is 2.94 bits per heavy atom. The molecule has 1 N–H and O–H groups in total. The molecular weight excluding hydrogens is 284 g/mol. The van der Waals surface area contributed by atoms with Gasteiger partial charge in [-0.25, -0.2) is 0 Å². The molecule has 2 heterocycles. The minimum absolute atomic E-state index is 0.272. The van der Waals surface area contributed by atoms with Gasteiger partial charge in [0.15, 0.2) is 0 Å². The van der Waals surface area contributed by atoms with Gasteiger partial charge >= 0.3 is 0 Å². The molecule has 0 unspecified atom stereocenters. The number of hydrogen-bond acceptors (Lipinski definition) is 3. The van der Waals surface area contributed by atoms with E-state index in [0.717, 1.165) is 13.1 Å². The van der Waals surface area contributed by atoms with E-state index in [2.05, 4.69) is 52.1 Å². The number of thiophene rings is 1. The van der Waals surface area contributed by atoms with Crippen LogP contribution in [-0.2, 0) is 6.42 Å². The lowest BCUT2D eigenvalue weighted by atomic mass is 10.0.